The van der Waals surface area contributed by atoms with E-state index in [1.807, 2.05) is 0 Å². The van der Waals surface area contributed by atoms with Crippen molar-refractivity contribution in [3.05, 3.63) is 22.5 Å². The van der Waals surface area contributed by atoms with Gasteiger partial charge in [-0.3, -0.25) is 9.59 Å². The molecular weight excluding hydrogens is 212 g/mol. The average molecular weight is 222 g/mol. The maximum Gasteiger partial charge on any atom is 0.311 e. The Hall–Kier alpha value is -2.18. The lowest BCUT2D eigenvalue weighted by atomic mass is 10.4. The Balaban J connectivity index is 2.76. The molecule has 2 aromatic rings. The Labute approximate surface area is 90.0 Å². The molecule has 0 fully saturated rings. The quantitative estimate of drug-likeness (QED) is 0.725. The Bertz CT molecular complexity index is 625. The van der Waals surface area contributed by atoms with Crippen LogP contribution in [-0.2, 0) is 25.3 Å². The van der Waals surface area contributed by atoms with Gasteiger partial charge in [-0.05, 0) is 0 Å². The van der Waals surface area contributed by atoms with Crippen LogP contribution in [0.5, 0.6) is 0 Å². The smallest absolute Gasteiger partial charge is 0.311 e. The van der Waals surface area contributed by atoms with Gasteiger partial charge in [-0.15, -0.1) is 0 Å². The molecular formula is C9H10N4O3. The van der Waals surface area contributed by atoms with Crippen LogP contribution in [0.2, 0.25) is 0 Å². The maximum absolute atomic E-state index is 11.6. The fourth-order valence-corrected chi connectivity index (χ4v) is 1.57. The first-order chi connectivity index (χ1) is 7.50. The standard InChI is InChI=1S/C9H10N4O3/c1-12-4-10-8-7(12)9(16)11-5(13(8)2)3-6(14)15/h4H,3H2,1-2H3,(H,14,15). The van der Waals surface area contributed by atoms with Gasteiger partial charge in [0.1, 0.15) is 12.2 Å². The van der Waals surface area contributed by atoms with Gasteiger partial charge in [0.2, 0.25) is 0 Å². The van der Waals surface area contributed by atoms with Gasteiger partial charge in [0.05, 0.1) is 6.33 Å². The predicted molar refractivity (Wildman–Crippen MR) is 55.1 cm³/mol. The molecule has 0 aliphatic heterocycles. The van der Waals surface area contributed by atoms with Crippen molar-refractivity contribution in [2.24, 2.45) is 14.1 Å². The summed E-state index contributed by atoms with van der Waals surface area (Å²) in [5.74, 6) is -0.832. The summed E-state index contributed by atoms with van der Waals surface area (Å²) in [7, 11) is 3.33. The van der Waals surface area contributed by atoms with E-state index in [1.54, 1.807) is 18.7 Å². The maximum atomic E-state index is 11.6. The van der Waals surface area contributed by atoms with Crippen molar-refractivity contribution in [3.63, 3.8) is 0 Å². The number of aliphatic carboxylic acids is 1. The number of aryl methyl sites for hydroxylation is 2. The Morgan fingerprint density at radius 1 is 1.50 bits per heavy atom. The van der Waals surface area contributed by atoms with Gasteiger partial charge in [0.25, 0.3) is 5.56 Å². The predicted octanol–water partition coefficient (Wildman–Crippen LogP) is -0.706. The van der Waals surface area contributed by atoms with Crippen LogP contribution in [0.25, 0.3) is 11.2 Å². The van der Waals surface area contributed by atoms with Crippen LogP contribution in [0.15, 0.2) is 11.1 Å². The van der Waals surface area contributed by atoms with Crippen molar-refractivity contribution >= 4 is 17.1 Å². The molecule has 84 valence electrons. The van der Waals surface area contributed by atoms with Crippen molar-refractivity contribution in [1.29, 1.82) is 0 Å². The number of hydrogen-bond acceptors (Lipinski definition) is 4. The zero-order chi connectivity index (χ0) is 11.9. The van der Waals surface area contributed by atoms with E-state index in [1.165, 1.54) is 10.9 Å². The molecule has 2 aromatic heterocycles. The third-order valence-electron chi connectivity index (χ3n) is 2.37. The molecule has 0 bridgehead atoms. The van der Waals surface area contributed by atoms with Crippen molar-refractivity contribution in [2.75, 3.05) is 0 Å². The highest BCUT2D eigenvalue weighted by atomic mass is 16.4. The number of fused-ring (bicyclic) bond motifs is 1. The molecule has 0 amide bonds. The zero-order valence-corrected chi connectivity index (χ0v) is 8.84. The monoisotopic (exact) mass is 222 g/mol. The fourth-order valence-electron chi connectivity index (χ4n) is 1.57. The summed E-state index contributed by atoms with van der Waals surface area (Å²) in [6.07, 6.45) is 1.20. The van der Waals surface area contributed by atoms with Crippen molar-refractivity contribution in [2.45, 2.75) is 6.42 Å². The van der Waals surface area contributed by atoms with Crippen LogP contribution in [0.3, 0.4) is 0 Å². The Kier molecular flexibility index (Phi) is 2.22. The molecule has 0 aliphatic carbocycles. The molecule has 0 aromatic carbocycles. The van der Waals surface area contributed by atoms with Crippen LogP contribution in [-0.4, -0.2) is 30.2 Å². The molecule has 0 saturated carbocycles. The number of carboxylic acid groups (broad SMARTS) is 1. The van der Waals surface area contributed by atoms with E-state index in [0.29, 0.717) is 11.2 Å². The molecule has 1 N–H and O–H groups in total. The second-order valence-corrected chi connectivity index (χ2v) is 3.49. The molecule has 0 atom stereocenters. The number of hydrogen-bond donors (Lipinski definition) is 1. The minimum Gasteiger partial charge on any atom is -0.481 e. The second-order valence-electron chi connectivity index (χ2n) is 3.49. The van der Waals surface area contributed by atoms with Gasteiger partial charge in [0.15, 0.2) is 11.2 Å². The van der Waals surface area contributed by atoms with Crippen LogP contribution < -0.4 is 5.56 Å². The molecule has 0 aliphatic rings. The summed E-state index contributed by atoms with van der Waals surface area (Å²) < 4.78 is 3.08. The summed E-state index contributed by atoms with van der Waals surface area (Å²) in [5, 5.41) is 8.68. The number of carboxylic acids is 1. The summed E-state index contributed by atoms with van der Waals surface area (Å²) in [4.78, 5) is 30.0. The van der Waals surface area contributed by atoms with E-state index in [4.69, 9.17) is 5.11 Å². The van der Waals surface area contributed by atoms with Gasteiger partial charge in [-0.1, -0.05) is 0 Å². The molecule has 0 spiro atoms. The Morgan fingerprint density at radius 3 is 2.81 bits per heavy atom. The van der Waals surface area contributed by atoms with E-state index in [-0.39, 0.29) is 12.2 Å². The number of carbonyl (C=O) groups is 1. The van der Waals surface area contributed by atoms with Crippen LogP contribution in [0, 0.1) is 0 Å². The number of aromatic nitrogens is 4. The minimum atomic E-state index is -1.03. The average Bonchev–Trinajstić information content (AvgIpc) is 2.56. The topological polar surface area (TPSA) is 90.0 Å². The SMILES string of the molecule is Cn1cnc2c1c(=O)nc(CC(=O)O)n2C. The van der Waals surface area contributed by atoms with Crippen molar-refractivity contribution < 1.29 is 9.90 Å². The normalized spacial score (nSPS) is 10.9. The number of nitrogens with zero attached hydrogens (tertiary/aromatic N) is 4. The summed E-state index contributed by atoms with van der Waals surface area (Å²) >= 11 is 0. The first-order valence-corrected chi connectivity index (χ1v) is 4.59. The van der Waals surface area contributed by atoms with E-state index in [0.717, 1.165) is 0 Å². The van der Waals surface area contributed by atoms with Gasteiger partial charge in [0, 0.05) is 14.1 Å². The molecule has 2 rings (SSSR count). The van der Waals surface area contributed by atoms with Gasteiger partial charge >= 0.3 is 5.97 Å². The highest BCUT2D eigenvalue weighted by Gasteiger charge is 2.13. The molecule has 7 nitrogen and oxygen atoms in total. The van der Waals surface area contributed by atoms with Crippen molar-refractivity contribution in [3.8, 4) is 0 Å². The van der Waals surface area contributed by atoms with E-state index >= 15 is 0 Å². The van der Waals surface area contributed by atoms with E-state index in [9.17, 15) is 9.59 Å². The molecule has 16 heavy (non-hydrogen) atoms. The van der Waals surface area contributed by atoms with Gasteiger partial charge in [-0.2, -0.15) is 4.98 Å². The lowest BCUT2D eigenvalue weighted by Gasteiger charge is -2.05. The minimum absolute atomic E-state index is 0.198. The van der Waals surface area contributed by atoms with Gasteiger partial charge in [-0.25, -0.2) is 4.98 Å². The molecule has 0 radical (unpaired) electrons. The largest absolute Gasteiger partial charge is 0.481 e. The highest BCUT2D eigenvalue weighted by molar-refractivity contribution is 5.73. The van der Waals surface area contributed by atoms with Crippen LogP contribution >= 0.6 is 0 Å². The van der Waals surface area contributed by atoms with E-state index < -0.39 is 11.5 Å². The molecule has 7 heteroatoms. The fraction of sp³-hybridized carbons (Fsp3) is 0.333. The molecule has 2 heterocycles. The third-order valence-corrected chi connectivity index (χ3v) is 2.37. The summed E-state index contributed by atoms with van der Waals surface area (Å²) in [6, 6.07) is 0. The van der Waals surface area contributed by atoms with Crippen LogP contribution in [0.4, 0.5) is 0 Å². The lowest BCUT2D eigenvalue weighted by molar-refractivity contribution is -0.136. The zero-order valence-electron chi connectivity index (χ0n) is 8.84. The number of rotatable bonds is 2. The van der Waals surface area contributed by atoms with Crippen molar-refractivity contribution in [1.82, 2.24) is 19.1 Å². The molecule has 0 unspecified atom stereocenters. The first-order valence-electron chi connectivity index (χ1n) is 4.59. The van der Waals surface area contributed by atoms with E-state index in [2.05, 4.69) is 9.97 Å². The third kappa shape index (κ3) is 1.46. The first kappa shape index (κ1) is 10.3. The number of imidazole rings is 1. The highest BCUT2D eigenvalue weighted by Crippen LogP contribution is 2.07. The lowest BCUT2D eigenvalue weighted by Crippen LogP contribution is -2.20. The van der Waals surface area contributed by atoms with Gasteiger partial charge < -0.3 is 14.2 Å². The summed E-state index contributed by atoms with van der Waals surface area (Å²) in [5.41, 5.74) is 0.361. The van der Waals surface area contributed by atoms with Crippen LogP contribution in [0.1, 0.15) is 5.82 Å². The Morgan fingerprint density at radius 2 is 2.19 bits per heavy atom. The summed E-state index contributed by atoms with van der Waals surface area (Å²) in [6.45, 7) is 0. The molecule has 0 saturated heterocycles. The second kappa shape index (κ2) is 3.44.